The van der Waals surface area contributed by atoms with Crippen LogP contribution in [-0.4, -0.2) is 19.0 Å². The number of nitrogens with one attached hydrogen (secondary N) is 1. The van der Waals surface area contributed by atoms with Gasteiger partial charge in [0, 0.05) is 12.1 Å². The number of benzene rings is 1. The lowest BCUT2D eigenvalue weighted by Crippen LogP contribution is -2.35. The number of carbonyl (C=O) groups excluding carboxylic acids is 1. The second-order valence-corrected chi connectivity index (χ2v) is 5.70. The van der Waals surface area contributed by atoms with Gasteiger partial charge in [0.25, 0.3) is 5.91 Å². The molecule has 0 spiro atoms. The van der Waals surface area contributed by atoms with Crippen LogP contribution in [0.4, 0.5) is 0 Å². The van der Waals surface area contributed by atoms with Crippen molar-refractivity contribution in [3.8, 4) is 0 Å². The lowest BCUT2D eigenvalue weighted by Gasteiger charge is -2.24. The normalized spacial score (nSPS) is 11.4. The Morgan fingerprint density at radius 2 is 2.00 bits per heavy atom. The molecular weight excluding hydrogens is 224 g/mol. The molecule has 1 aromatic rings. The van der Waals surface area contributed by atoms with Crippen molar-refractivity contribution >= 4 is 5.91 Å². The fraction of sp³-hybridized carbons (Fsp3) is 0.533. The van der Waals surface area contributed by atoms with Crippen LogP contribution in [0.5, 0.6) is 0 Å². The van der Waals surface area contributed by atoms with Crippen LogP contribution < -0.4 is 11.1 Å². The van der Waals surface area contributed by atoms with Crippen molar-refractivity contribution in [3.63, 3.8) is 0 Å². The minimum absolute atomic E-state index is 0.00120. The average molecular weight is 248 g/mol. The van der Waals surface area contributed by atoms with Crippen molar-refractivity contribution in [3.05, 3.63) is 34.9 Å². The summed E-state index contributed by atoms with van der Waals surface area (Å²) in [7, 11) is 0. The summed E-state index contributed by atoms with van der Waals surface area (Å²) >= 11 is 0. The second kappa shape index (κ2) is 6.01. The van der Waals surface area contributed by atoms with E-state index < -0.39 is 0 Å². The van der Waals surface area contributed by atoms with Crippen molar-refractivity contribution in [1.29, 1.82) is 0 Å². The topological polar surface area (TPSA) is 55.1 Å². The average Bonchev–Trinajstić information content (AvgIpc) is 2.29. The maximum atomic E-state index is 12.1. The van der Waals surface area contributed by atoms with E-state index in [1.165, 1.54) is 0 Å². The largest absolute Gasteiger partial charge is 0.351 e. The van der Waals surface area contributed by atoms with Crippen LogP contribution in [0.2, 0.25) is 0 Å². The third kappa shape index (κ3) is 4.15. The molecule has 0 aliphatic heterocycles. The Labute approximate surface area is 110 Å². The van der Waals surface area contributed by atoms with Crippen LogP contribution in [0.3, 0.4) is 0 Å². The van der Waals surface area contributed by atoms with Crippen LogP contribution in [-0.2, 0) is 0 Å². The molecule has 1 amide bonds. The van der Waals surface area contributed by atoms with Gasteiger partial charge in [-0.15, -0.1) is 0 Å². The molecule has 0 aromatic heterocycles. The molecule has 1 aromatic carbocycles. The number of hydrogen-bond donors (Lipinski definition) is 2. The van der Waals surface area contributed by atoms with Gasteiger partial charge in [-0.2, -0.15) is 0 Å². The summed E-state index contributed by atoms with van der Waals surface area (Å²) in [5, 5.41) is 3.00. The number of aryl methyl sites for hydroxylation is 2. The zero-order chi connectivity index (χ0) is 13.8. The molecule has 3 nitrogen and oxygen atoms in total. The summed E-state index contributed by atoms with van der Waals surface area (Å²) in [6, 6.07) is 5.93. The quantitative estimate of drug-likeness (QED) is 0.840. The first kappa shape index (κ1) is 14.7. The van der Waals surface area contributed by atoms with Gasteiger partial charge in [-0.05, 0) is 43.9 Å². The molecule has 0 bridgehead atoms. The van der Waals surface area contributed by atoms with E-state index >= 15 is 0 Å². The first-order chi connectivity index (χ1) is 8.35. The highest BCUT2D eigenvalue weighted by Gasteiger charge is 2.18. The van der Waals surface area contributed by atoms with Crippen molar-refractivity contribution < 1.29 is 4.79 Å². The van der Waals surface area contributed by atoms with Gasteiger partial charge in [0.05, 0.1) is 0 Å². The number of carbonyl (C=O) groups is 1. The van der Waals surface area contributed by atoms with Gasteiger partial charge >= 0.3 is 0 Å². The number of rotatable bonds is 5. The summed E-state index contributed by atoms with van der Waals surface area (Å²) in [5.74, 6) is 0.00120. The van der Waals surface area contributed by atoms with Gasteiger partial charge in [-0.3, -0.25) is 4.79 Å². The predicted octanol–water partition coefficient (Wildman–Crippen LogP) is 2.41. The first-order valence-corrected chi connectivity index (χ1v) is 6.41. The standard InChI is InChI=1S/C15H24N2O/c1-11-5-6-12(2)13(9-11)14(18)17-10-15(3,4)7-8-16/h5-6,9H,7-8,10,16H2,1-4H3,(H,17,18). The van der Waals surface area contributed by atoms with Crippen molar-refractivity contribution in [2.24, 2.45) is 11.1 Å². The maximum absolute atomic E-state index is 12.1. The van der Waals surface area contributed by atoms with E-state index in [1.807, 2.05) is 32.0 Å². The van der Waals surface area contributed by atoms with Gasteiger partial charge in [-0.1, -0.05) is 31.5 Å². The van der Waals surface area contributed by atoms with Crippen molar-refractivity contribution in [2.45, 2.75) is 34.1 Å². The highest BCUT2D eigenvalue weighted by molar-refractivity contribution is 5.95. The molecule has 0 aliphatic rings. The van der Waals surface area contributed by atoms with Crippen LogP contribution in [0, 0.1) is 19.3 Å². The van der Waals surface area contributed by atoms with Gasteiger partial charge < -0.3 is 11.1 Å². The minimum Gasteiger partial charge on any atom is -0.351 e. The molecule has 100 valence electrons. The fourth-order valence-electron chi connectivity index (χ4n) is 1.87. The third-order valence-corrected chi connectivity index (χ3v) is 3.19. The fourth-order valence-corrected chi connectivity index (χ4v) is 1.87. The van der Waals surface area contributed by atoms with Crippen LogP contribution >= 0.6 is 0 Å². The van der Waals surface area contributed by atoms with E-state index in [1.54, 1.807) is 0 Å². The highest BCUT2D eigenvalue weighted by atomic mass is 16.1. The SMILES string of the molecule is Cc1ccc(C)c(C(=O)NCC(C)(C)CCN)c1. The molecule has 3 heteroatoms. The monoisotopic (exact) mass is 248 g/mol. The molecule has 0 saturated heterocycles. The number of amides is 1. The van der Waals surface area contributed by atoms with Crippen molar-refractivity contribution in [1.82, 2.24) is 5.32 Å². The Balaban J connectivity index is 2.69. The van der Waals surface area contributed by atoms with E-state index in [-0.39, 0.29) is 11.3 Å². The Morgan fingerprint density at radius 3 is 2.61 bits per heavy atom. The molecule has 0 unspecified atom stereocenters. The summed E-state index contributed by atoms with van der Waals surface area (Å²) in [6.07, 6.45) is 0.903. The molecule has 0 saturated carbocycles. The molecule has 18 heavy (non-hydrogen) atoms. The van der Waals surface area contributed by atoms with Crippen LogP contribution in [0.15, 0.2) is 18.2 Å². The summed E-state index contributed by atoms with van der Waals surface area (Å²) < 4.78 is 0. The molecule has 0 radical (unpaired) electrons. The molecular formula is C15H24N2O. The first-order valence-electron chi connectivity index (χ1n) is 6.41. The second-order valence-electron chi connectivity index (χ2n) is 5.70. The van der Waals surface area contributed by atoms with E-state index in [2.05, 4.69) is 19.2 Å². The van der Waals surface area contributed by atoms with Crippen LogP contribution in [0.1, 0.15) is 41.8 Å². The van der Waals surface area contributed by atoms with E-state index in [9.17, 15) is 4.79 Å². The van der Waals surface area contributed by atoms with E-state index in [0.29, 0.717) is 13.1 Å². The molecule has 0 atom stereocenters. The smallest absolute Gasteiger partial charge is 0.251 e. The number of nitrogens with two attached hydrogens (primary N) is 1. The lowest BCUT2D eigenvalue weighted by molar-refractivity contribution is 0.0934. The third-order valence-electron chi connectivity index (χ3n) is 3.19. The zero-order valence-electron chi connectivity index (χ0n) is 11.8. The van der Waals surface area contributed by atoms with E-state index in [0.717, 1.165) is 23.1 Å². The predicted molar refractivity (Wildman–Crippen MR) is 75.7 cm³/mol. The maximum Gasteiger partial charge on any atom is 0.251 e. The van der Waals surface area contributed by atoms with Gasteiger partial charge in [0.15, 0.2) is 0 Å². The van der Waals surface area contributed by atoms with Gasteiger partial charge in [-0.25, -0.2) is 0 Å². The van der Waals surface area contributed by atoms with Gasteiger partial charge in [0.2, 0.25) is 0 Å². The Hall–Kier alpha value is -1.35. The lowest BCUT2D eigenvalue weighted by atomic mass is 9.89. The summed E-state index contributed by atoms with van der Waals surface area (Å²) in [5.41, 5.74) is 8.48. The highest BCUT2D eigenvalue weighted by Crippen LogP contribution is 2.18. The van der Waals surface area contributed by atoms with Gasteiger partial charge in [0.1, 0.15) is 0 Å². The Morgan fingerprint density at radius 1 is 1.33 bits per heavy atom. The summed E-state index contributed by atoms with van der Waals surface area (Å²) in [4.78, 5) is 12.1. The molecule has 0 aliphatic carbocycles. The molecule has 0 fully saturated rings. The molecule has 1 rings (SSSR count). The minimum atomic E-state index is 0.00120. The summed E-state index contributed by atoms with van der Waals surface area (Å²) in [6.45, 7) is 9.48. The van der Waals surface area contributed by atoms with E-state index in [4.69, 9.17) is 5.73 Å². The number of hydrogen-bond acceptors (Lipinski definition) is 2. The molecule has 3 N–H and O–H groups in total. The Bertz CT molecular complexity index is 425. The molecule has 0 heterocycles. The zero-order valence-corrected chi connectivity index (χ0v) is 11.8. The van der Waals surface area contributed by atoms with Crippen molar-refractivity contribution in [2.75, 3.05) is 13.1 Å². The van der Waals surface area contributed by atoms with Crippen LogP contribution in [0.25, 0.3) is 0 Å². The Kier molecular flexibility index (Phi) is 4.91.